The van der Waals surface area contributed by atoms with Gasteiger partial charge < -0.3 is 0 Å². The second-order valence-electron chi connectivity index (χ2n) is 5.64. The van der Waals surface area contributed by atoms with Crippen LogP contribution in [0.1, 0.15) is 5.56 Å². The van der Waals surface area contributed by atoms with Crippen LogP contribution in [0.25, 0.3) is 21.3 Å². The van der Waals surface area contributed by atoms with Gasteiger partial charge in [-0.2, -0.15) is 0 Å². The SMILES string of the molecule is O=c1c2scc(-c3ccc(Cl)cc3)c2ncn1Cc1cccc(F)c1. The van der Waals surface area contributed by atoms with Crippen LogP contribution in [0, 0.1) is 5.82 Å². The summed E-state index contributed by atoms with van der Waals surface area (Å²) in [6.07, 6.45) is 1.52. The summed E-state index contributed by atoms with van der Waals surface area (Å²) in [6.45, 7) is 0.285. The number of fused-ring (bicyclic) bond motifs is 1. The van der Waals surface area contributed by atoms with E-state index in [0.717, 1.165) is 16.7 Å². The van der Waals surface area contributed by atoms with E-state index in [2.05, 4.69) is 4.98 Å². The smallest absolute Gasteiger partial charge is 0.271 e. The van der Waals surface area contributed by atoms with Crippen LogP contribution in [-0.4, -0.2) is 9.55 Å². The van der Waals surface area contributed by atoms with Gasteiger partial charge in [-0.3, -0.25) is 9.36 Å². The molecule has 0 spiro atoms. The molecule has 0 saturated heterocycles. The molecule has 3 nitrogen and oxygen atoms in total. The lowest BCUT2D eigenvalue weighted by Crippen LogP contribution is -2.20. The van der Waals surface area contributed by atoms with Crippen molar-refractivity contribution in [2.75, 3.05) is 0 Å². The molecule has 2 heterocycles. The van der Waals surface area contributed by atoms with Crippen LogP contribution in [0.5, 0.6) is 0 Å². The summed E-state index contributed by atoms with van der Waals surface area (Å²) >= 11 is 7.30. The van der Waals surface area contributed by atoms with Gasteiger partial charge in [-0.1, -0.05) is 35.9 Å². The van der Waals surface area contributed by atoms with Gasteiger partial charge in [-0.05, 0) is 35.4 Å². The van der Waals surface area contributed by atoms with Crippen molar-refractivity contribution in [3.8, 4) is 11.1 Å². The minimum atomic E-state index is -0.319. The maximum atomic E-state index is 13.3. The summed E-state index contributed by atoms with van der Waals surface area (Å²) in [7, 11) is 0. The van der Waals surface area contributed by atoms with E-state index in [1.54, 1.807) is 12.1 Å². The summed E-state index contributed by atoms with van der Waals surface area (Å²) in [6, 6.07) is 13.7. The number of aromatic nitrogens is 2. The lowest BCUT2D eigenvalue weighted by molar-refractivity contribution is 0.622. The molecule has 25 heavy (non-hydrogen) atoms. The van der Waals surface area contributed by atoms with Crippen LogP contribution in [0.2, 0.25) is 5.02 Å². The van der Waals surface area contributed by atoms with Gasteiger partial charge >= 0.3 is 0 Å². The number of halogens is 2. The van der Waals surface area contributed by atoms with Crippen molar-refractivity contribution in [2.24, 2.45) is 0 Å². The Morgan fingerprint density at radius 3 is 2.72 bits per heavy atom. The van der Waals surface area contributed by atoms with E-state index in [1.807, 2.05) is 29.6 Å². The van der Waals surface area contributed by atoms with Crippen molar-refractivity contribution in [2.45, 2.75) is 6.54 Å². The number of hydrogen-bond donors (Lipinski definition) is 0. The van der Waals surface area contributed by atoms with Gasteiger partial charge in [0.25, 0.3) is 5.56 Å². The molecule has 0 radical (unpaired) electrons. The topological polar surface area (TPSA) is 34.9 Å². The Bertz CT molecular complexity index is 1120. The summed E-state index contributed by atoms with van der Waals surface area (Å²) in [5, 5.41) is 2.59. The van der Waals surface area contributed by atoms with Crippen LogP contribution in [-0.2, 0) is 6.54 Å². The van der Waals surface area contributed by atoms with Gasteiger partial charge in [-0.25, -0.2) is 9.37 Å². The first kappa shape index (κ1) is 16.0. The van der Waals surface area contributed by atoms with E-state index in [0.29, 0.717) is 15.2 Å². The summed E-state index contributed by atoms with van der Waals surface area (Å²) < 4.78 is 15.4. The van der Waals surface area contributed by atoms with Gasteiger partial charge in [0, 0.05) is 16.0 Å². The van der Waals surface area contributed by atoms with Crippen molar-refractivity contribution in [3.63, 3.8) is 0 Å². The molecule has 0 fully saturated rings. The number of rotatable bonds is 3. The molecule has 0 bridgehead atoms. The predicted octanol–water partition coefficient (Wildman–Crippen LogP) is 4.97. The molecule has 0 N–H and O–H groups in total. The third-order valence-electron chi connectivity index (χ3n) is 3.94. The van der Waals surface area contributed by atoms with E-state index in [1.165, 1.54) is 34.4 Å². The van der Waals surface area contributed by atoms with E-state index < -0.39 is 0 Å². The zero-order chi connectivity index (χ0) is 17.4. The molecule has 0 unspecified atom stereocenters. The number of nitrogens with zero attached hydrogens (tertiary/aromatic N) is 2. The lowest BCUT2D eigenvalue weighted by atomic mass is 10.1. The fraction of sp³-hybridized carbons (Fsp3) is 0.0526. The highest BCUT2D eigenvalue weighted by atomic mass is 35.5. The van der Waals surface area contributed by atoms with Crippen LogP contribution in [0.4, 0.5) is 4.39 Å². The predicted molar refractivity (Wildman–Crippen MR) is 99.8 cm³/mol. The Morgan fingerprint density at radius 2 is 1.96 bits per heavy atom. The van der Waals surface area contributed by atoms with E-state index in [-0.39, 0.29) is 17.9 Å². The fourth-order valence-corrected chi connectivity index (χ4v) is 3.82. The molecule has 0 aliphatic carbocycles. The third kappa shape index (κ3) is 3.08. The maximum Gasteiger partial charge on any atom is 0.271 e. The minimum absolute atomic E-state index is 0.125. The van der Waals surface area contributed by atoms with Crippen LogP contribution in [0.15, 0.2) is 65.0 Å². The third-order valence-corrected chi connectivity index (χ3v) is 5.15. The van der Waals surface area contributed by atoms with Gasteiger partial charge in [-0.15, -0.1) is 11.3 Å². The molecule has 124 valence electrons. The Morgan fingerprint density at radius 1 is 1.16 bits per heavy atom. The monoisotopic (exact) mass is 370 g/mol. The van der Waals surface area contributed by atoms with E-state index in [4.69, 9.17) is 11.6 Å². The molecule has 0 atom stereocenters. The van der Waals surface area contributed by atoms with E-state index >= 15 is 0 Å². The first-order valence-electron chi connectivity index (χ1n) is 7.59. The molecule has 2 aromatic carbocycles. The average molecular weight is 371 g/mol. The standard InChI is InChI=1S/C19H12ClFN2OS/c20-14-6-4-13(5-7-14)16-10-25-18-17(16)22-11-23(19(18)24)9-12-2-1-3-15(21)8-12/h1-8,10-11H,9H2. The quantitative estimate of drug-likeness (QED) is 0.510. The molecule has 0 aliphatic heterocycles. The lowest BCUT2D eigenvalue weighted by Gasteiger charge is -2.06. The summed E-state index contributed by atoms with van der Waals surface area (Å²) in [5.74, 6) is -0.319. The molecule has 0 amide bonds. The van der Waals surface area contributed by atoms with E-state index in [9.17, 15) is 9.18 Å². The normalized spacial score (nSPS) is 11.1. The maximum absolute atomic E-state index is 13.3. The van der Waals surface area contributed by atoms with Crippen LogP contribution >= 0.6 is 22.9 Å². The molecule has 4 rings (SSSR count). The molecular weight excluding hydrogens is 359 g/mol. The molecule has 0 saturated carbocycles. The first-order valence-corrected chi connectivity index (χ1v) is 8.84. The molecule has 6 heteroatoms. The Hall–Kier alpha value is -2.50. The Kier molecular flexibility index (Phi) is 4.11. The number of hydrogen-bond acceptors (Lipinski definition) is 3. The highest BCUT2D eigenvalue weighted by molar-refractivity contribution is 7.17. The van der Waals surface area contributed by atoms with Crippen molar-refractivity contribution in [1.29, 1.82) is 0 Å². The van der Waals surface area contributed by atoms with Crippen molar-refractivity contribution >= 4 is 33.2 Å². The fourth-order valence-electron chi connectivity index (χ4n) is 2.72. The number of thiophene rings is 1. The first-order chi connectivity index (χ1) is 12.1. The van der Waals surface area contributed by atoms with Crippen LogP contribution < -0.4 is 5.56 Å². The zero-order valence-electron chi connectivity index (χ0n) is 12.9. The van der Waals surface area contributed by atoms with Gasteiger partial charge in [0.05, 0.1) is 18.4 Å². The van der Waals surface area contributed by atoms with Gasteiger partial charge in [0.2, 0.25) is 0 Å². The molecule has 0 aliphatic rings. The summed E-state index contributed by atoms with van der Waals surface area (Å²) in [5.41, 5.74) is 3.14. The van der Waals surface area contributed by atoms with Crippen LogP contribution in [0.3, 0.4) is 0 Å². The zero-order valence-corrected chi connectivity index (χ0v) is 14.5. The second-order valence-corrected chi connectivity index (χ2v) is 6.96. The minimum Gasteiger partial charge on any atom is -0.294 e. The van der Waals surface area contributed by atoms with Gasteiger partial charge in [0.15, 0.2) is 0 Å². The Labute approximate surface area is 152 Å². The average Bonchev–Trinajstić information content (AvgIpc) is 3.03. The van der Waals surface area contributed by atoms with Crippen molar-refractivity contribution in [3.05, 3.63) is 87.0 Å². The van der Waals surface area contributed by atoms with Gasteiger partial charge in [0.1, 0.15) is 10.5 Å². The highest BCUT2D eigenvalue weighted by Gasteiger charge is 2.12. The van der Waals surface area contributed by atoms with Crippen molar-refractivity contribution in [1.82, 2.24) is 9.55 Å². The number of benzene rings is 2. The van der Waals surface area contributed by atoms with Crippen molar-refractivity contribution < 1.29 is 4.39 Å². The largest absolute Gasteiger partial charge is 0.294 e. The molecule has 4 aromatic rings. The second kappa shape index (κ2) is 6.43. The Balaban J connectivity index is 1.77. The highest BCUT2D eigenvalue weighted by Crippen LogP contribution is 2.31. The molecular formula is C19H12ClFN2OS. The molecule has 2 aromatic heterocycles. The summed E-state index contributed by atoms with van der Waals surface area (Å²) in [4.78, 5) is 17.2.